The van der Waals surface area contributed by atoms with Gasteiger partial charge in [0, 0.05) is 25.6 Å². The fourth-order valence-corrected chi connectivity index (χ4v) is 1.50. The quantitative estimate of drug-likeness (QED) is 0.558. The van der Waals surface area contributed by atoms with Gasteiger partial charge in [-0.1, -0.05) is 0 Å². The number of nitrogens with zero attached hydrogens (tertiary/aromatic N) is 1. The summed E-state index contributed by atoms with van der Waals surface area (Å²) >= 11 is 0. The Morgan fingerprint density at radius 2 is 1.64 bits per heavy atom. The number of β-amino-alcohol motifs (C(OH)–C–C–N with tert-alkyl or cyclic N) is 2. The van der Waals surface area contributed by atoms with Gasteiger partial charge in [-0.05, 0) is 13.8 Å². The molecule has 0 spiro atoms. The highest BCUT2D eigenvalue weighted by Gasteiger charge is 2.25. The molecule has 0 bridgehead atoms. The molecule has 1 aliphatic heterocycles. The molecule has 2 atom stereocenters. The standard InChI is InChI=1S/C8H17NO2/c1-6(2)9-4-7(10)3-8(11)5-9/h6-8,10-11H,3-5H2,1-2H3/t7-,8+. The predicted molar refractivity (Wildman–Crippen MR) is 43.3 cm³/mol. The normalized spacial score (nSPS) is 34.6. The van der Waals surface area contributed by atoms with Crippen LogP contribution in [0.5, 0.6) is 0 Å². The number of likely N-dealkylation sites (tertiary alicyclic amines) is 1. The molecule has 3 heteroatoms. The smallest absolute Gasteiger partial charge is 0.0692 e. The van der Waals surface area contributed by atoms with Crippen LogP contribution in [0.15, 0.2) is 0 Å². The number of aliphatic hydroxyl groups is 2. The van der Waals surface area contributed by atoms with Gasteiger partial charge in [0.15, 0.2) is 0 Å². The second-order valence-corrected chi connectivity index (χ2v) is 3.59. The summed E-state index contributed by atoms with van der Waals surface area (Å²) < 4.78 is 0. The minimum atomic E-state index is -0.346. The summed E-state index contributed by atoms with van der Waals surface area (Å²) in [6.07, 6.45) is -0.161. The zero-order valence-electron chi connectivity index (χ0n) is 7.20. The molecule has 1 aliphatic rings. The summed E-state index contributed by atoms with van der Waals surface area (Å²) in [5.41, 5.74) is 0. The first kappa shape index (κ1) is 8.97. The third-order valence-corrected chi connectivity index (χ3v) is 2.16. The first-order valence-corrected chi connectivity index (χ1v) is 4.19. The largest absolute Gasteiger partial charge is 0.392 e. The van der Waals surface area contributed by atoms with Crippen molar-refractivity contribution in [1.82, 2.24) is 4.90 Å². The lowest BCUT2D eigenvalue weighted by Gasteiger charge is -2.35. The maximum atomic E-state index is 9.30. The Bertz CT molecular complexity index is 117. The Labute approximate surface area is 67.6 Å². The van der Waals surface area contributed by atoms with Crippen LogP contribution in [0.2, 0.25) is 0 Å². The third kappa shape index (κ3) is 2.43. The molecule has 0 aromatic carbocycles. The first-order chi connectivity index (χ1) is 5.09. The van der Waals surface area contributed by atoms with Gasteiger partial charge in [0.2, 0.25) is 0 Å². The molecule has 0 saturated carbocycles. The average Bonchev–Trinajstić information content (AvgIpc) is 1.85. The van der Waals surface area contributed by atoms with Gasteiger partial charge in [-0.25, -0.2) is 0 Å². The molecule has 0 aromatic rings. The van der Waals surface area contributed by atoms with Crippen molar-refractivity contribution in [1.29, 1.82) is 0 Å². The Hall–Kier alpha value is -0.120. The topological polar surface area (TPSA) is 43.7 Å². The molecule has 1 fully saturated rings. The molecule has 11 heavy (non-hydrogen) atoms. The molecule has 1 saturated heterocycles. The van der Waals surface area contributed by atoms with Crippen LogP contribution in [0, 0.1) is 0 Å². The van der Waals surface area contributed by atoms with Crippen LogP contribution >= 0.6 is 0 Å². The highest BCUT2D eigenvalue weighted by Crippen LogP contribution is 2.12. The summed E-state index contributed by atoms with van der Waals surface area (Å²) in [6, 6.07) is 0.416. The van der Waals surface area contributed by atoms with E-state index in [1.165, 1.54) is 0 Å². The van der Waals surface area contributed by atoms with Gasteiger partial charge in [0.25, 0.3) is 0 Å². The minimum Gasteiger partial charge on any atom is -0.392 e. The van der Waals surface area contributed by atoms with Crippen molar-refractivity contribution < 1.29 is 10.2 Å². The van der Waals surface area contributed by atoms with Gasteiger partial charge < -0.3 is 10.2 Å². The lowest BCUT2D eigenvalue weighted by Crippen LogP contribution is -2.48. The zero-order chi connectivity index (χ0) is 8.43. The lowest BCUT2D eigenvalue weighted by atomic mass is 10.0. The van der Waals surface area contributed by atoms with Crippen LogP contribution < -0.4 is 0 Å². The molecule has 0 aromatic heterocycles. The van der Waals surface area contributed by atoms with Crippen molar-refractivity contribution in [3.63, 3.8) is 0 Å². The Morgan fingerprint density at radius 3 is 2.00 bits per heavy atom. The SMILES string of the molecule is CC(C)N1C[C@H](O)C[C@H](O)C1. The van der Waals surface area contributed by atoms with Gasteiger partial charge in [0.05, 0.1) is 12.2 Å². The van der Waals surface area contributed by atoms with E-state index in [0.717, 1.165) is 0 Å². The van der Waals surface area contributed by atoms with Crippen molar-refractivity contribution in [2.24, 2.45) is 0 Å². The monoisotopic (exact) mass is 159 g/mol. The second kappa shape index (κ2) is 3.52. The minimum absolute atomic E-state index is 0.346. The fourth-order valence-electron chi connectivity index (χ4n) is 1.50. The molecule has 0 unspecified atom stereocenters. The van der Waals surface area contributed by atoms with E-state index in [-0.39, 0.29) is 12.2 Å². The van der Waals surface area contributed by atoms with Gasteiger partial charge in [-0.2, -0.15) is 0 Å². The predicted octanol–water partition coefficient (Wildman–Crippen LogP) is -0.178. The average molecular weight is 159 g/mol. The highest BCUT2D eigenvalue weighted by molar-refractivity contribution is 4.79. The zero-order valence-corrected chi connectivity index (χ0v) is 7.20. The fraction of sp³-hybridized carbons (Fsp3) is 1.00. The number of aliphatic hydroxyl groups excluding tert-OH is 2. The molecule has 0 aliphatic carbocycles. The van der Waals surface area contributed by atoms with E-state index in [2.05, 4.69) is 18.7 Å². The molecule has 1 heterocycles. The summed E-state index contributed by atoms with van der Waals surface area (Å²) in [4.78, 5) is 2.10. The van der Waals surface area contributed by atoms with E-state index >= 15 is 0 Å². The summed E-state index contributed by atoms with van der Waals surface area (Å²) in [7, 11) is 0. The van der Waals surface area contributed by atoms with E-state index < -0.39 is 0 Å². The van der Waals surface area contributed by atoms with Crippen LogP contribution in [-0.2, 0) is 0 Å². The molecular formula is C8H17NO2. The third-order valence-electron chi connectivity index (χ3n) is 2.16. The molecular weight excluding hydrogens is 142 g/mol. The molecule has 3 nitrogen and oxygen atoms in total. The Morgan fingerprint density at radius 1 is 1.18 bits per heavy atom. The molecule has 0 radical (unpaired) electrons. The second-order valence-electron chi connectivity index (χ2n) is 3.59. The summed E-state index contributed by atoms with van der Waals surface area (Å²) in [6.45, 7) is 5.55. The van der Waals surface area contributed by atoms with Crippen LogP contribution in [0.3, 0.4) is 0 Å². The Balaban J connectivity index is 2.43. The van der Waals surface area contributed by atoms with E-state index in [0.29, 0.717) is 25.6 Å². The van der Waals surface area contributed by atoms with Crippen LogP contribution in [-0.4, -0.2) is 46.5 Å². The molecule has 0 amide bonds. The maximum Gasteiger partial charge on any atom is 0.0692 e. The van der Waals surface area contributed by atoms with Gasteiger partial charge >= 0.3 is 0 Å². The van der Waals surface area contributed by atoms with Gasteiger partial charge in [-0.3, -0.25) is 4.90 Å². The molecule has 1 rings (SSSR count). The van der Waals surface area contributed by atoms with Crippen molar-refractivity contribution in [2.45, 2.75) is 38.5 Å². The van der Waals surface area contributed by atoms with E-state index in [1.54, 1.807) is 0 Å². The van der Waals surface area contributed by atoms with Crippen molar-refractivity contribution >= 4 is 0 Å². The van der Waals surface area contributed by atoms with E-state index in [1.807, 2.05) is 0 Å². The van der Waals surface area contributed by atoms with Gasteiger partial charge in [0.1, 0.15) is 0 Å². The van der Waals surface area contributed by atoms with Crippen molar-refractivity contribution in [3.05, 3.63) is 0 Å². The van der Waals surface area contributed by atoms with Crippen LogP contribution in [0.1, 0.15) is 20.3 Å². The Kier molecular flexibility index (Phi) is 2.87. The molecule has 2 N–H and O–H groups in total. The van der Waals surface area contributed by atoms with Crippen molar-refractivity contribution in [2.75, 3.05) is 13.1 Å². The maximum absolute atomic E-state index is 9.30. The summed E-state index contributed by atoms with van der Waals surface area (Å²) in [5, 5.41) is 18.6. The van der Waals surface area contributed by atoms with Crippen molar-refractivity contribution in [3.8, 4) is 0 Å². The first-order valence-electron chi connectivity index (χ1n) is 4.19. The van der Waals surface area contributed by atoms with Gasteiger partial charge in [-0.15, -0.1) is 0 Å². The highest BCUT2D eigenvalue weighted by atomic mass is 16.3. The molecule has 66 valence electrons. The van der Waals surface area contributed by atoms with E-state index in [4.69, 9.17) is 0 Å². The van der Waals surface area contributed by atoms with E-state index in [9.17, 15) is 10.2 Å². The van der Waals surface area contributed by atoms with Crippen LogP contribution in [0.25, 0.3) is 0 Å². The number of hydrogen-bond acceptors (Lipinski definition) is 3. The van der Waals surface area contributed by atoms with Crippen LogP contribution in [0.4, 0.5) is 0 Å². The number of hydrogen-bond donors (Lipinski definition) is 2. The lowest BCUT2D eigenvalue weighted by molar-refractivity contribution is -0.0192. The summed E-state index contributed by atoms with van der Waals surface area (Å²) in [5.74, 6) is 0. The number of rotatable bonds is 1. The number of piperidine rings is 1.